The standard InChI is InChI=1S/C23H25N3O5/c1-14-5-8-17(9-6-14)23(4)21(29)26(22(30)25-23)12-20(28)31-13-19(27)24-18-10-7-15(2)16(3)11-18/h5-11H,12-13H2,1-4H3,(H,24,27)(H,25,30)/t23-/m1/s1. The second kappa shape index (κ2) is 8.59. The molecule has 1 saturated heterocycles. The molecule has 0 saturated carbocycles. The molecule has 0 spiro atoms. The number of nitrogens with one attached hydrogen (secondary N) is 2. The number of urea groups is 1. The number of nitrogens with zero attached hydrogens (tertiary/aromatic N) is 1. The van der Waals surface area contributed by atoms with Crippen LogP contribution in [0.1, 0.15) is 29.2 Å². The molecule has 2 N–H and O–H groups in total. The fourth-order valence-corrected chi connectivity index (χ4v) is 3.26. The van der Waals surface area contributed by atoms with Crippen molar-refractivity contribution in [1.82, 2.24) is 10.2 Å². The first kappa shape index (κ1) is 22.0. The summed E-state index contributed by atoms with van der Waals surface area (Å²) in [5.74, 6) is -1.93. The van der Waals surface area contributed by atoms with Gasteiger partial charge in [0.25, 0.3) is 11.8 Å². The molecule has 1 heterocycles. The van der Waals surface area contributed by atoms with Crippen LogP contribution in [0.15, 0.2) is 42.5 Å². The van der Waals surface area contributed by atoms with Crippen LogP contribution in [0.25, 0.3) is 0 Å². The van der Waals surface area contributed by atoms with Crippen molar-refractivity contribution in [2.75, 3.05) is 18.5 Å². The molecule has 0 bridgehead atoms. The van der Waals surface area contributed by atoms with E-state index in [0.29, 0.717) is 11.3 Å². The Labute approximate surface area is 180 Å². The van der Waals surface area contributed by atoms with E-state index in [9.17, 15) is 19.2 Å². The lowest BCUT2D eigenvalue weighted by Crippen LogP contribution is -2.41. The minimum atomic E-state index is -1.27. The van der Waals surface area contributed by atoms with Crippen molar-refractivity contribution in [3.8, 4) is 0 Å². The van der Waals surface area contributed by atoms with Gasteiger partial charge in [0.05, 0.1) is 0 Å². The first-order chi connectivity index (χ1) is 14.6. The van der Waals surface area contributed by atoms with Gasteiger partial charge in [0, 0.05) is 5.69 Å². The number of aryl methyl sites for hydroxylation is 3. The largest absolute Gasteiger partial charge is 0.454 e. The van der Waals surface area contributed by atoms with E-state index in [4.69, 9.17) is 4.74 Å². The van der Waals surface area contributed by atoms with E-state index in [-0.39, 0.29) is 0 Å². The third-order valence-corrected chi connectivity index (χ3v) is 5.35. The van der Waals surface area contributed by atoms with Crippen molar-refractivity contribution >= 4 is 29.5 Å². The van der Waals surface area contributed by atoms with Gasteiger partial charge in [-0.25, -0.2) is 4.79 Å². The second-order valence-electron chi connectivity index (χ2n) is 7.82. The van der Waals surface area contributed by atoms with Gasteiger partial charge in [-0.15, -0.1) is 0 Å². The minimum Gasteiger partial charge on any atom is -0.454 e. The maximum atomic E-state index is 12.9. The Morgan fingerprint density at radius 3 is 2.35 bits per heavy atom. The lowest BCUT2D eigenvalue weighted by Gasteiger charge is -2.22. The summed E-state index contributed by atoms with van der Waals surface area (Å²) in [6, 6.07) is 11.9. The summed E-state index contributed by atoms with van der Waals surface area (Å²) in [5.41, 5.74) is 3.06. The molecule has 2 aromatic carbocycles. The molecule has 0 radical (unpaired) electrons. The SMILES string of the molecule is Cc1ccc([C@@]2(C)NC(=O)N(CC(=O)OCC(=O)Nc3ccc(C)c(C)c3)C2=O)cc1. The maximum absolute atomic E-state index is 12.9. The molecule has 2 aromatic rings. The molecule has 4 amide bonds. The third-order valence-electron chi connectivity index (χ3n) is 5.35. The van der Waals surface area contributed by atoms with E-state index in [1.54, 1.807) is 25.1 Å². The number of anilines is 1. The second-order valence-corrected chi connectivity index (χ2v) is 7.82. The van der Waals surface area contributed by atoms with Crippen LogP contribution in [0.2, 0.25) is 0 Å². The molecule has 8 nitrogen and oxygen atoms in total. The van der Waals surface area contributed by atoms with Crippen LogP contribution in [0.5, 0.6) is 0 Å². The Kier molecular flexibility index (Phi) is 6.10. The average Bonchev–Trinajstić information content (AvgIpc) is 2.93. The Balaban J connectivity index is 1.56. The maximum Gasteiger partial charge on any atom is 0.326 e. The summed E-state index contributed by atoms with van der Waals surface area (Å²) in [5, 5.41) is 5.27. The van der Waals surface area contributed by atoms with Crippen LogP contribution in [0.4, 0.5) is 10.5 Å². The molecular formula is C23H25N3O5. The fourth-order valence-electron chi connectivity index (χ4n) is 3.26. The molecule has 1 aliphatic rings. The molecule has 0 aliphatic carbocycles. The average molecular weight is 423 g/mol. The Morgan fingerprint density at radius 1 is 1.03 bits per heavy atom. The van der Waals surface area contributed by atoms with Crippen LogP contribution >= 0.6 is 0 Å². The predicted molar refractivity (Wildman–Crippen MR) is 114 cm³/mol. The van der Waals surface area contributed by atoms with E-state index in [1.165, 1.54) is 0 Å². The number of esters is 1. The van der Waals surface area contributed by atoms with Gasteiger partial charge in [0.15, 0.2) is 6.61 Å². The van der Waals surface area contributed by atoms with Crippen LogP contribution in [-0.2, 0) is 24.7 Å². The van der Waals surface area contributed by atoms with Gasteiger partial charge >= 0.3 is 12.0 Å². The highest BCUT2D eigenvalue weighted by Gasteiger charge is 2.49. The quantitative estimate of drug-likeness (QED) is 0.549. The number of ether oxygens (including phenoxy) is 1. The third kappa shape index (κ3) is 4.74. The first-order valence-electron chi connectivity index (χ1n) is 9.84. The lowest BCUT2D eigenvalue weighted by atomic mass is 9.91. The van der Waals surface area contributed by atoms with Crippen LogP contribution in [0, 0.1) is 20.8 Å². The van der Waals surface area contributed by atoms with Crippen LogP contribution < -0.4 is 10.6 Å². The van der Waals surface area contributed by atoms with Gasteiger partial charge in [0.2, 0.25) is 0 Å². The van der Waals surface area contributed by atoms with Gasteiger partial charge < -0.3 is 15.4 Å². The van der Waals surface area contributed by atoms with Gasteiger partial charge in [-0.05, 0) is 56.5 Å². The summed E-state index contributed by atoms with van der Waals surface area (Å²) >= 11 is 0. The summed E-state index contributed by atoms with van der Waals surface area (Å²) in [6.45, 7) is 6.28. The molecular weight excluding hydrogens is 398 g/mol. The van der Waals surface area contributed by atoms with Crippen LogP contribution in [0.3, 0.4) is 0 Å². The summed E-state index contributed by atoms with van der Waals surface area (Å²) in [4.78, 5) is 50.2. The zero-order valence-electron chi connectivity index (χ0n) is 17.9. The number of amides is 4. The Bertz CT molecular complexity index is 1050. The molecule has 3 rings (SSSR count). The smallest absolute Gasteiger partial charge is 0.326 e. The lowest BCUT2D eigenvalue weighted by molar-refractivity contribution is -0.150. The summed E-state index contributed by atoms with van der Waals surface area (Å²) < 4.78 is 4.95. The van der Waals surface area contributed by atoms with Crippen molar-refractivity contribution in [2.24, 2.45) is 0 Å². The highest BCUT2D eigenvalue weighted by molar-refractivity contribution is 6.09. The summed E-state index contributed by atoms with van der Waals surface area (Å²) in [7, 11) is 0. The van der Waals surface area contributed by atoms with Crippen LogP contribution in [-0.4, -0.2) is 41.9 Å². The molecule has 31 heavy (non-hydrogen) atoms. The molecule has 8 heteroatoms. The molecule has 0 aromatic heterocycles. The number of imide groups is 1. The zero-order valence-corrected chi connectivity index (χ0v) is 17.9. The van der Waals surface area contributed by atoms with Gasteiger partial charge in [0.1, 0.15) is 12.1 Å². The normalized spacial score (nSPS) is 18.0. The number of rotatable bonds is 6. The van der Waals surface area contributed by atoms with E-state index < -0.39 is 42.5 Å². The predicted octanol–water partition coefficient (Wildman–Crippen LogP) is 2.56. The Morgan fingerprint density at radius 2 is 1.71 bits per heavy atom. The van der Waals surface area contributed by atoms with E-state index >= 15 is 0 Å². The van der Waals surface area contributed by atoms with Gasteiger partial charge in [-0.2, -0.15) is 0 Å². The Hall–Kier alpha value is -3.68. The molecule has 0 unspecified atom stereocenters. The monoisotopic (exact) mass is 423 g/mol. The zero-order chi connectivity index (χ0) is 22.8. The van der Waals surface area contributed by atoms with Gasteiger partial charge in [-0.1, -0.05) is 35.9 Å². The van der Waals surface area contributed by atoms with Crippen molar-refractivity contribution in [3.05, 3.63) is 64.7 Å². The van der Waals surface area contributed by atoms with Gasteiger partial charge in [-0.3, -0.25) is 19.3 Å². The van der Waals surface area contributed by atoms with Crippen molar-refractivity contribution in [2.45, 2.75) is 33.2 Å². The molecule has 1 fully saturated rings. The van der Waals surface area contributed by atoms with E-state index in [2.05, 4.69) is 10.6 Å². The molecule has 1 atom stereocenters. The number of benzene rings is 2. The fraction of sp³-hybridized carbons (Fsp3) is 0.304. The number of hydrogen-bond donors (Lipinski definition) is 2. The summed E-state index contributed by atoms with van der Waals surface area (Å²) in [6.07, 6.45) is 0. The minimum absolute atomic E-state index is 0.515. The van der Waals surface area contributed by atoms with Crippen molar-refractivity contribution in [3.63, 3.8) is 0 Å². The number of carbonyl (C=O) groups is 4. The van der Waals surface area contributed by atoms with Crippen molar-refractivity contribution in [1.29, 1.82) is 0 Å². The van der Waals surface area contributed by atoms with E-state index in [1.807, 2.05) is 45.0 Å². The van der Waals surface area contributed by atoms with E-state index in [0.717, 1.165) is 21.6 Å². The molecule has 162 valence electrons. The number of hydrogen-bond acceptors (Lipinski definition) is 5. The topological polar surface area (TPSA) is 105 Å². The first-order valence-corrected chi connectivity index (χ1v) is 9.84. The van der Waals surface area contributed by atoms with Crippen molar-refractivity contribution < 1.29 is 23.9 Å². The highest BCUT2D eigenvalue weighted by atomic mass is 16.5. The number of carbonyl (C=O) groups excluding carboxylic acids is 4. The highest BCUT2D eigenvalue weighted by Crippen LogP contribution is 2.28. The molecule has 1 aliphatic heterocycles.